The number of carbonyl (C=O) groups is 1. The summed E-state index contributed by atoms with van der Waals surface area (Å²) in [7, 11) is 2.81. The molecule has 0 heterocycles. The normalized spacial score (nSPS) is 10.2. The van der Waals surface area contributed by atoms with Gasteiger partial charge in [-0.15, -0.1) is 0 Å². The van der Waals surface area contributed by atoms with Gasteiger partial charge in [0.15, 0.2) is 17.3 Å². The Labute approximate surface area is 105 Å². The third-order valence-corrected chi connectivity index (χ3v) is 2.74. The van der Waals surface area contributed by atoms with Crippen molar-refractivity contribution >= 4 is 5.97 Å². The van der Waals surface area contributed by atoms with Crippen LogP contribution < -0.4 is 9.47 Å². The number of halogens is 1. The first-order valence-electron chi connectivity index (χ1n) is 5.63. The molecule has 0 spiro atoms. The molecule has 0 atom stereocenters. The first kappa shape index (κ1) is 14.3. The lowest BCUT2D eigenvalue weighted by atomic mass is 10.0. The molecule has 0 aliphatic carbocycles. The molecule has 0 fully saturated rings. The van der Waals surface area contributed by atoms with Gasteiger partial charge in [-0.25, -0.2) is 4.39 Å². The van der Waals surface area contributed by atoms with Crippen molar-refractivity contribution in [3.8, 4) is 11.5 Å². The van der Waals surface area contributed by atoms with Gasteiger partial charge in [-0.2, -0.15) is 0 Å². The SMILES string of the molecule is COc1c(F)cc(C)c(CCCC(=O)O)c1OC. The van der Waals surface area contributed by atoms with Crippen LogP contribution in [0.4, 0.5) is 4.39 Å². The quantitative estimate of drug-likeness (QED) is 0.849. The maximum atomic E-state index is 13.6. The van der Waals surface area contributed by atoms with E-state index in [1.807, 2.05) is 0 Å². The molecule has 1 N–H and O–H groups in total. The molecular weight excluding hydrogens is 239 g/mol. The fourth-order valence-electron chi connectivity index (χ4n) is 1.90. The van der Waals surface area contributed by atoms with E-state index in [-0.39, 0.29) is 12.2 Å². The van der Waals surface area contributed by atoms with E-state index in [0.29, 0.717) is 18.6 Å². The average molecular weight is 256 g/mol. The van der Waals surface area contributed by atoms with Crippen LogP contribution in [0.3, 0.4) is 0 Å². The fraction of sp³-hybridized carbons (Fsp3) is 0.462. The van der Waals surface area contributed by atoms with Crippen LogP contribution in [0.25, 0.3) is 0 Å². The molecule has 0 saturated carbocycles. The van der Waals surface area contributed by atoms with Gasteiger partial charge in [-0.05, 0) is 31.4 Å². The number of carboxylic acid groups (broad SMARTS) is 1. The maximum Gasteiger partial charge on any atom is 0.303 e. The van der Waals surface area contributed by atoms with E-state index >= 15 is 0 Å². The van der Waals surface area contributed by atoms with Crippen molar-refractivity contribution in [2.24, 2.45) is 0 Å². The van der Waals surface area contributed by atoms with Crippen molar-refractivity contribution in [3.05, 3.63) is 23.0 Å². The van der Waals surface area contributed by atoms with Crippen molar-refractivity contribution in [3.63, 3.8) is 0 Å². The second-order valence-electron chi connectivity index (χ2n) is 3.97. The highest BCUT2D eigenvalue weighted by atomic mass is 19.1. The number of hydrogen-bond donors (Lipinski definition) is 1. The largest absolute Gasteiger partial charge is 0.492 e. The Kier molecular flexibility index (Phi) is 4.95. The highest BCUT2D eigenvalue weighted by molar-refractivity contribution is 5.66. The standard InChI is InChI=1S/C13H17FO4/c1-8-7-10(14)13(18-3)12(17-2)9(8)5-4-6-11(15)16/h7H,4-6H2,1-3H3,(H,15,16). The zero-order valence-corrected chi connectivity index (χ0v) is 10.7. The van der Waals surface area contributed by atoms with E-state index in [4.69, 9.17) is 14.6 Å². The molecule has 4 nitrogen and oxygen atoms in total. The van der Waals surface area contributed by atoms with Crippen LogP contribution in [0, 0.1) is 12.7 Å². The zero-order valence-electron chi connectivity index (χ0n) is 10.7. The molecule has 5 heteroatoms. The highest BCUT2D eigenvalue weighted by Crippen LogP contribution is 2.36. The second-order valence-corrected chi connectivity index (χ2v) is 3.97. The van der Waals surface area contributed by atoms with Crippen molar-refractivity contribution in [1.82, 2.24) is 0 Å². The van der Waals surface area contributed by atoms with Gasteiger partial charge in [0.2, 0.25) is 0 Å². The van der Waals surface area contributed by atoms with Gasteiger partial charge in [0.1, 0.15) is 0 Å². The summed E-state index contributed by atoms with van der Waals surface area (Å²) >= 11 is 0. The lowest BCUT2D eigenvalue weighted by Crippen LogP contribution is -2.03. The van der Waals surface area contributed by atoms with Crippen LogP contribution in [0.15, 0.2) is 6.07 Å². The van der Waals surface area contributed by atoms with Gasteiger partial charge in [-0.3, -0.25) is 4.79 Å². The molecule has 0 bridgehead atoms. The molecule has 0 aliphatic rings. The number of ether oxygens (including phenoxy) is 2. The van der Waals surface area contributed by atoms with E-state index in [9.17, 15) is 9.18 Å². The Hall–Kier alpha value is -1.78. The third kappa shape index (κ3) is 3.12. The van der Waals surface area contributed by atoms with Crippen LogP contribution >= 0.6 is 0 Å². The average Bonchev–Trinajstić information content (AvgIpc) is 2.30. The number of aliphatic carboxylic acids is 1. The van der Waals surface area contributed by atoms with Crippen molar-refractivity contribution in [2.75, 3.05) is 14.2 Å². The zero-order chi connectivity index (χ0) is 13.7. The Morgan fingerprint density at radius 3 is 2.44 bits per heavy atom. The molecule has 1 rings (SSSR count). The van der Waals surface area contributed by atoms with Crippen LogP contribution in [0.2, 0.25) is 0 Å². The summed E-state index contributed by atoms with van der Waals surface area (Å²) in [4.78, 5) is 10.5. The Morgan fingerprint density at radius 2 is 1.94 bits per heavy atom. The van der Waals surface area contributed by atoms with Crippen molar-refractivity contribution < 1.29 is 23.8 Å². The van der Waals surface area contributed by atoms with Crippen LogP contribution in [-0.4, -0.2) is 25.3 Å². The number of methoxy groups -OCH3 is 2. The molecule has 100 valence electrons. The molecule has 0 radical (unpaired) electrons. The minimum Gasteiger partial charge on any atom is -0.492 e. The lowest BCUT2D eigenvalue weighted by Gasteiger charge is -2.15. The van der Waals surface area contributed by atoms with E-state index in [1.54, 1.807) is 6.92 Å². The predicted octanol–water partition coefficient (Wildman–Crippen LogP) is 2.56. The van der Waals surface area contributed by atoms with Crippen molar-refractivity contribution in [1.29, 1.82) is 0 Å². The number of hydrogen-bond acceptors (Lipinski definition) is 3. The third-order valence-electron chi connectivity index (χ3n) is 2.74. The predicted molar refractivity (Wildman–Crippen MR) is 64.8 cm³/mol. The number of benzene rings is 1. The highest BCUT2D eigenvalue weighted by Gasteiger charge is 2.18. The van der Waals surface area contributed by atoms with Crippen molar-refractivity contribution in [2.45, 2.75) is 26.2 Å². The summed E-state index contributed by atoms with van der Waals surface area (Å²) in [5.41, 5.74) is 1.52. The van der Waals surface area contributed by atoms with Crippen LogP contribution in [0.1, 0.15) is 24.0 Å². The van der Waals surface area contributed by atoms with Crippen LogP contribution in [0.5, 0.6) is 11.5 Å². The van der Waals surface area contributed by atoms with Gasteiger partial charge < -0.3 is 14.6 Å². The van der Waals surface area contributed by atoms with Gasteiger partial charge in [-0.1, -0.05) is 0 Å². The first-order chi connectivity index (χ1) is 8.51. The van der Waals surface area contributed by atoms with Gasteiger partial charge in [0, 0.05) is 12.0 Å². The summed E-state index contributed by atoms with van der Waals surface area (Å²) in [5, 5.41) is 8.62. The number of carboxylic acids is 1. The van der Waals surface area contributed by atoms with Gasteiger partial charge in [0.25, 0.3) is 0 Å². The summed E-state index contributed by atoms with van der Waals surface area (Å²) in [6.07, 6.45) is 1.06. The molecule has 0 aliphatic heterocycles. The van der Waals surface area contributed by atoms with Gasteiger partial charge >= 0.3 is 5.97 Å². The summed E-state index contributed by atoms with van der Waals surface area (Å²) in [5.74, 6) is -0.914. The molecule has 0 saturated heterocycles. The molecule has 0 unspecified atom stereocenters. The number of aryl methyl sites for hydroxylation is 1. The molecule has 1 aromatic carbocycles. The lowest BCUT2D eigenvalue weighted by molar-refractivity contribution is -0.137. The summed E-state index contributed by atoms with van der Waals surface area (Å²) in [6, 6.07) is 1.37. The Balaban J connectivity index is 3.05. The second kappa shape index (κ2) is 6.23. The smallest absolute Gasteiger partial charge is 0.303 e. The summed E-state index contributed by atoms with van der Waals surface area (Å²) < 4.78 is 23.8. The van der Waals surface area contributed by atoms with E-state index in [2.05, 4.69) is 0 Å². The van der Waals surface area contributed by atoms with E-state index in [0.717, 1.165) is 11.1 Å². The number of rotatable bonds is 6. The van der Waals surface area contributed by atoms with Gasteiger partial charge in [0.05, 0.1) is 14.2 Å². The summed E-state index contributed by atoms with van der Waals surface area (Å²) in [6.45, 7) is 1.77. The monoisotopic (exact) mass is 256 g/mol. The topological polar surface area (TPSA) is 55.8 Å². The minimum atomic E-state index is -0.847. The first-order valence-corrected chi connectivity index (χ1v) is 5.63. The molecule has 1 aromatic rings. The fourth-order valence-corrected chi connectivity index (χ4v) is 1.90. The molecular formula is C13H17FO4. The maximum absolute atomic E-state index is 13.6. The Morgan fingerprint density at radius 1 is 1.33 bits per heavy atom. The van der Waals surface area contributed by atoms with Crippen LogP contribution in [-0.2, 0) is 11.2 Å². The molecule has 18 heavy (non-hydrogen) atoms. The minimum absolute atomic E-state index is 0.0634. The molecule has 0 aromatic heterocycles. The Bertz CT molecular complexity index is 443. The van der Waals surface area contributed by atoms with E-state index in [1.165, 1.54) is 20.3 Å². The van der Waals surface area contributed by atoms with E-state index < -0.39 is 11.8 Å². The molecule has 0 amide bonds.